The number of esters is 2. The maximum atomic E-state index is 11.3. The number of carbonyl (C=O) groups is 2. The molecule has 0 bridgehead atoms. The summed E-state index contributed by atoms with van der Waals surface area (Å²) >= 11 is 0. The highest BCUT2D eigenvalue weighted by molar-refractivity contribution is 5.70. The molecule has 0 aliphatic carbocycles. The SMILES string of the molecule is CCCC[C@@H](NC)OC(=O)CCOC(C)=O. The Morgan fingerprint density at radius 1 is 1.38 bits per heavy atom. The van der Waals surface area contributed by atoms with E-state index in [1.807, 2.05) is 0 Å². The van der Waals surface area contributed by atoms with Crippen LogP contribution in [0.15, 0.2) is 0 Å². The minimum atomic E-state index is -0.385. The lowest BCUT2D eigenvalue weighted by atomic mass is 10.2. The average molecular weight is 231 g/mol. The summed E-state index contributed by atoms with van der Waals surface area (Å²) in [5, 5.41) is 2.92. The van der Waals surface area contributed by atoms with Crippen LogP contribution in [0.3, 0.4) is 0 Å². The van der Waals surface area contributed by atoms with Crippen molar-refractivity contribution in [3.05, 3.63) is 0 Å². The summed E-state index contributed by atoms with van der Waals surface area (Å²) in [5.74, 6) is -0.736. The maximum absolute atomic E-state index is 11.3. The third-order valence-corrected chi connectivity index (χ3v) is 2.03. The van der Waals surface area contributed by atoms with E-state index in [2.05, 4.69) is 17.0 Å². The second-order valence-corrected chi connectivity index (χ2v) is 3.50. The molecule has 0 spiro atoms. The Labute approximate surface area is 96.5 Å². The number of hydrogen-bond donors (Lipinski definition) is 1. The fourth-order valence-corrected chi connectivity index (χ4v) is 1.15. The van der Waals surface area contributed by atoms with Gasteiger partial charge in [-0.25, -0.2) is 0 Å². The van der Waals surface area contributed by atoms with Crippen molar-refractivity contribution in [1.82, 2.24) is 5.32 Å². The molecule has 0 fully saturated rings. The molecule has 0 aromatic heterocycles. The van der Waals surface area contributed by atoms with E-state index in [1.54, 1.807) is 7.05 Å². The van der Waals surface area contributed by atoms with Gasteiger partial charge in [-0.2, -0.15) is 0 Å². The molecule has 0 aliphatic heterocycles. The van der Waals surface area contributed by atoms with Gasteiger partial charge in [0.25, 0.3) is 0 Å². The van der Waals surface area contributed by atoms with Gasteiger partial charge >= 0.3 is 11.9 Å². The molecule has 16 heavy (non-hydrogen) atoms. The van der Waals surface area contributed by atoms with Gasteiger partial charge in [-0.1, -0.05) is 13.3 Å². The Hall–Kier alpha value is -1.10. The Kier molecular flexibility index (Phi) is 8.52. The Bertz CT molecular complexity index is 218. The van der Waals surface area contributed by atoms with Gasteiger partial charge in [0, 0.05) is 6.92 Å². The molecule has 0 saturated heterocycles. The average Bonchev–Trinajstić information content (AvgIpc) is 2.23. The molecule has 0 radical (unpaired) electrons. The van der Waals surface area contributed by atoms with Crippen LogP contribution < -0.4 is 5.32 Å². The third-order valence-electron chi connectivity index (χ3n) is 2.03. The molecule has 1 atom stereocenters. The van der Waals surface area contributed by atoms with Gasteiger partial charge in [0.2, 0.25) is 0 Å². The van der Waals surface area contributed by atoms with Gasteiger partial charge in [0.05, 0.1) is 6.42 Å². The number of rotatable bonds is 8. The molecule has 0 unspecified atom stereocenters. The Balaban J connectivity index is 3.69. The van der Waals surface area contributed by atoms with Crippen LogP contribution in [0.4, 0.5) is 0 Å². The molecule has 94 valence electrons. The normalized spacial score (nSPS) is 11.9. The zero-order chi connectivity index (χ0) is 12.4. The first-order valence-corrected chi connectivity index (χ1v) is 5.60. The summed E-state index contributed by atoms with van der Waals surface area (Å²) in [5.41, 5.74) is 0. The Morgan fingerprint density at radius 2 is 2.06 bits per heavy atom. The second kappa shape index (κ2) is 9.15. The first kappa shape index (κ1) is 14.9. The molecule has 5 nitrogen and oxygen atoms in total. The summed E-state index contributed by atoms with van der Waals surface area (Å²) in [7, 11) is 1.75. The van der Waals surface area contributed by atoms with Crippen molar-refractivity contribution in [1.29, 1.82) is 0 Å². The van der Waals surface area contributed by atoms with Crippen LogP contribution in [0.1, 0.15) is 39.5 Å². The largest absolute Gasteiger partial charge is 0.465 e. The fourth-order valence-electron chi connectivity index (χ4n) is 1.15. The van der Waals surface area contributed by atoms with Crippen LogP contribution in [-0.4, -0.2) is 31.8 Å². The van der Waals surface area contributed by atoms with Crippen LogP contribution in [0, 0.1) is 0 Å². The van der Waals surface area contributed by atoms with E-state index in [0.717, 1.165) is 19.3 Å². The molecule has 0 rings (SSSR count). The predicted octanol–water partition coefficient (Wildman–Crippen LogP) is 1.22. The van der Waals surface area contributed by atoms with Crippen molar-refractivity contribution in [3.8, 4) is 0 Å². The van der Waals surface area contributed by atoms with E-state index in [1.165, 1.54) is 6.92 Å². The molecule has 5 heteroatoms. The quantitative estimate of drug-likeness (QED) is 0.502. The number of unbranched alkanes of at least 4 members (excludes halogenated alkanes) is 1. The van der Waals surface area contributed by atoms with E-state index in [4.69, 9.17) is 4.74 Å². The summed E-state index contributed by atoms with van der Waals surface area (Å²) < 4.78 is 9.79. The topological polar surface area (TPSA) is 64.6 Å². The molecular weight excluding hydrogens is 210 g/mol. The van der Waals surface area contributed by atoms with Crippen molar-refractivity contribution < 1.29 is 19.1 Å². The van der Waals surface area contributed by atoms with Crippen LogP contribution in [-0.2, 0) is 19.1 Å². The zero-order valence-electron chi connectivity index (χ0n) is 10.2. The standard InChI is InChI=1S/C11H21NO4/c1-4-5-6-10(12-3)16-11(14)7-8-15-9(2)13/h10,12H,4-8H2,1-3H3/t10-/m0/s1. The summed E-state index contributed by atoms with van der Waals surface area (Å²) in [6.45, 7) is 3.47. The number of ether oxygens (including phenoxy) is 2. The van der Waals surface area contributed by atoms with Crippen molar-refractivity contribution in [2.75, 3.05) is 13.7 Å². The molecule has 0 aromatic rings. The van der Waals surface area contributed by atoms with Gasteiger partial charge in [-0.15, -0.1) is 0 Å². The lowest BCUT2D eigenvalue weighted by Gasteiger charge is -2.16. The van der Waals surface area contributed by atoms with Gasteiger partial charge in [-0.3, -0.25) is 14.9 Å². The first-order chi connectivity index (χ1) is 7.60. The molecule has 0 aliphatic rings. The van der Waals surface area contributed by atoms with Crippen LogP contribution in [0.25, 0.3) is 0 Å². The second-order valence-electron chi connectivity index (χ2n) is 3.50. The lowest BCUT2D eigenvalue weighted by Crippen LogP contribution is -2.31. The molecular formula is C11H21NO4. The maximum Gasteiger partial charge on any atom is 0.310 e. The summed E-state index contributed by atoms with van der Waals surface area (Å²) in [6, 6.07) is 0. The summed E-state index contributed by atoms with van der Waals surface area (Å²) in [4.78, 5) is 21.8. The van der Waals surface area contributed by atoms with E-state index < -0.39 is 0 Å². The smallest absolute Gasteiger partial charge is 0.310 e. The number of hydrogen-bond acceptors (Lipinski definition) is 5. The van der Waals surface area contributed by atoms with Crippen molar-refractivity contribution in [2.24, 2.45) is 0 Å². The molecule has 1 N–H and O–H groups in total. The monoisotopic (exact) mass is 231 g/mol. The highest BCUT2D eigenvalue weighted by Gasteiger charge is 2.11. The van der Waals surface area contributed by atoms with Gasteiger partial charge in [0.15, 0.2) is 6.23 Å². The zero-order valence-corrected chi connectivity index (χ0v) is 10.2. The van der Waals surface area contributed by atoms with E-state index in [0.29, 0.717) is 0 Å². The lowest BCUT2D eigenvalue weighted by molar-refractivity contribution is -0.153. The number of nitrogens with one attached hydrogen (secondary N) is 1. The van der Waals surface area contributed by atoms with Crippen LogP contribution in [0.2, 0.25) is 0 Å². The van der Waals surface area contributed by atoms with E-state index in [9.17, 15) is 9.59 Å². The number of carbonyl (C=O) groups excluding carboxylic acids is 2. The summed E-state index contributed by atoms with van der Waals surface area (Å²) in [6.07, 6.45) is 2.71. The molecule has 0 aromatic carbocycles. The molecule has 0 saturated carbocycles. The molecule has 0 heterocycles. The third kappa shape index (κ3) is 8.23. The first-order valence-electron chi connectivity index (χ1n) is 5.60. The minimum absolute atomic E-state index is 0.0817. The van der Waals surface area contributed by atoms with Crippen LogP contribution in [0.5, 0.6) is 0 Å². The van der Waals surface area contributed by atoms with Gasteiger partial charge in [-0.05, 0) is 19.9 Å². The van der Waals surface area contributed by atoms with Crippen LogP contribution >= 0.6 is 0 Å². The highest BCUT2D eigenvalue weighted by Crippen LogP contribution is 2.03. The minimum Gasteiger partial charge on any atom is -0.465 e. The van der Waals surface area contributed by atoms with Crippen molar-refractivity contribution in [2.45, 2.75) is 45.8 Å². The van der Waals surface area contributed by atoms with E-state index in [-0.39, 0.29) is 31.2 Å². The Morgan fingerprint density at radius 3 is 2.56 bits per heavy atom. The van der Waals surface area contributed by atoms with Gasteiger partial charge in [0.1, 0.15) is 6.61 Å². The van der Waals surface area contributed by atoms with Crippen molar-refractivity contribution in [3.63, 3.8) is 0 Å². The van der Waals surface area contributed by atoms with Gasteiger partial charge < -0.3 is 9.47 Å². The molecule has 0 amide bonds. The van der Waals surface area contributed by atoms with Crippen molar-refractivity contribution >= 4 is 11.9 Å². The predicted molar refractivity (Wildman–Crippen MR) is 59.7 cm³/mol. The fraction of sp³-hybridized carbons (Fsp3) is 0.818. The van der Waals surface area contributed by atoms with E-state index >= 15 is 0 Å². The highest BCUT2D eigenvalue weighted by atomic mass is 16.6.